The maximum atomic E-state index is 13.3. The Kier molecular flexibility index (Phi) is 8.36. The molecule has 1 aliphatic heterocycles. The quantitative estimate of drug-likeness (QED) is 0.325. The Bertz CT molecular complexity index is 1190. The van der Waals surface area contributed by atoms with Crippen LogP contribution in [0.5, 0.6) is 11.5 Å². The first kappa shape index (κ1) is 28.0. The predicted molar refractivity (Wildman–Crippen MR) is 147 cm³/mol. The first-order chi connectivity index (χ1) is 18.0. The van der Waals surface area contributed by atoms with Crippen LogP contribution in [0.3, 0.4) is 0 Å². The summed E-state index contributed by atoms with van der Waals surface area (Å²) in [5, 5.41) is 34.3. The van der Waals surface area contributed by atoms with Crippen LogP contribution in [0, 0.1) is 11.8 Å². The van der Waals surface area contributed by atoms with Crippen LogP contribution in [0.1, 0.15) is 98.3 Å². The number of carboxylic acids is 1. The van der Waals surface area contributed by atoms with E-state index >= 15 is 0 Å². The molecule has 1 heterocycles. The first-order valence-corrected chi connectivity index (χ1v) is 14.0. The van der Waals surface area contributed by atoms with E-state index in [0.29, 0.717) is 38.0 Å². The second-order valence-electron chi connectivity index (χ2n) is 11.9. The predicted octanol–water partition coefficient (Wildman–Crippen LogP) is 5.57. The fraction of sp³-hybridized carbons (Fsp3) is 0.548. The average Bonchev–Trinajstić information content (AvgIpc) is 3.52. The molecule has 1 fully saturated rings. The summed E-state index contributed by atoms with van der Waals surface area (Å²) in [6.07, 6.45) is 5.45. The number of amides is 1. The molecule has 0 radical (unpaired) electrons. The third kappa shape index (κ3) is 5.68. The SMILES string of the molecule is CC(C)C[C@@](NCCc1ccc2c(c1)CN(C(=O)c1cc(C(C)C)c(O)cc1O)C2)(C(=O)O)C1CCCC1. The zero-order chi connectivity index (χ0) is 27.6. The lowest BCUT2D eigenvalue weighted by Gasteiger charge is -2.38. The van der Waals surface area contributed by atoms with Gasteiger partial charge in [-0.2, -0.15) is 0 Å². The Morgan fingerprint density at radius 1 is 1.00 bits per heavy atom. The molecule has 4 rings (SSSR count). The van der Waals surface area contributed by atoms with Gasteiger partial charge in [-0.1, -0.05) is 58.7 Å². The summed E-state index contributed by atoms with van der Waals surface area (Å²) in [6, 6.07) is 9.06. The highest BCUT2D eigenvalue weighted by atomic mass is 16.4. The van der Waals surface area contributed by atoms with Crippen LogP contribution >= 0.6 is 0 Å². The van der Waals surface area contributed by atoms with Gasteiger partial charge < -0.3 is 25.5 Å². The van der Waals surface area contributed by atoms with Crippen molar-refractivity contribution in [3.05, 3.63) is 58.1 Å². The minimum Gasteiger partial charge on any atom is -0.508 e. The minimum absolute atomic E-state index is 0.00903. The number of benzene rings is 2. The molecule has 2 aromatic rings. The van der Waals surface area contributed by atoms with E-state index in [2.05, 4.69) is 31.3 Å². The molecule has 0 unspecified atom stereocenters. The number of rotatable bonds is 10. The number of nitrogens with zero attached hydrogens (tertiary/aromatic N) is 1. The molecule has 2 aromatic carbocycles. The summed E-state index contributed by atoms with van der Waals surface area (Å²) in [5.41, 5.74) is 3.20. The maximum Gasteiger partial charge on any atom is 0.324 e. The lowest BCUT2D eigenvalue weighted by molar-refractivity contribution is -0.148. The summed E-state index contributed by atoms with van der Waals surface area (Å²) in [5.74, 6) is -0.764. The number of phenols is 2. The van der Waals surface area contributed by atoms with Crippen molar-refractivity contribution in [2.75, 3.05) is 6.54 Å². The molecule has 1 saturated carbocycles. The number of carbonyl (C=O) groups excluding carboxylic acids is 1. The Morgan fingerprint density at radius 2 is 1.68 bits per heavy atom. The number of hydrogen-bond donors (Lipinski definition) is 4. The fourth-order valence-corrected chi connectivity index (χ4v) is 6.36. The summed E-state index contributed by atoms with van der Waals surface area (Å²) in [4.78, 5) is 27.5. The molecule has 4 N–H and O–H groups in total. The van der Waals surface area contributed by atoms with Gasteiger partial charge in [0.2, 0.25) is 0 Å². The first-order valence-electron chi connectivity index (χ1n) is 14.0. The summed E-state index contributed by atoms with van der Waals surface area (Å²) >= 11 is 0. The third-order valence-corrected chi connectivity index (χ3v) is 8.30. The van der Waals surface area contributed by atoms with E-state index in [1.165, 1.54) is 6.07 Å². The van der Waals surface area contributed by atoms with E-state index in [0.717, 1.165) is 42.4 Å². The Morgan fingerprint density at radius 3 is 2.32 bits per heavy atom. The summed E-state index contributed by atoms with van der Waals surface area (Å²) in [7, 11) is 0. The lowest BCUT2D eigenvalue weighted by atomic mass is 9.76. The zero-order valence-electron chi connectivity index (χ0n) is 23.1. The molecule has 0 spiro atoms. The molecule has 2 aliphatic rings. The molecule has 0 bridgehead atoms. The molecule has 206 valence electrons. The average molecular weight is 523 g/mol. The van der Waals surface area contributed by atoms with Crippen molar-refractivity contribution in [2.45, 2.75) is 90.8 Å². The van der Waals surface area contributed by atoms with Crippen LogP contribution in [-0.2, 0) is 24.3 Å². The number of aliphatic carboxylic acids is 1. The lowest BCUT2D eigenvalue weighted by Crippen LogP contribution is -2.58. The molecule has 1 atom stereocenters. The van der Waals surface area contributed by atoms with Crippen LogP contribution in [-0.4, -0.2) is 44.2 Å². The van der Waals surface area contributed by atoms with Gasteiger partial charge in [0.25, 0.3) is 5.91 Å². The highest BCUT2D eigenvalue weighted by Crippen LogP contribution is 2.38. The van der Waals surface area contributed by atoms with Gasteiger partial charge in [-0.05, 0) is 71.8 Å². The number of phenolic OH excluding ortho intramolecular Hbond substituents is 2. The van der Waals surface area contributed by atoms with E-state index in [4.69, 9.17) is 0 Å². The highest BCUT2D eigenvalue weighted by Gasteiger charge is 2.46. The number of hydrogen-bond acceptors (Lipinski definition) is 5. The normalized spacial score (nSPS) is 17.3. The monoisotopic (exact) mass is 522 g/mol. The number of nitrogens with one attached hydrogen (secondary N) is 1. The van der Waals surface area contributed by atoms with Gasteiger partial charge in [0, 0.05) is 25.7 Å². The van der Waals surface area contributed by atoms with Gasteiger partial charge in [0.1, 0.15) is 17.0 Å². The van der Waals surface area contributed by atoms with Crippen molar-refractivity contribution >= 4 is 11.9 Å². The Hall–Kier alpha value is -3.06. The van der Waals surface area contributed by atoms with Crippen LogP contribution in [0.25, 0.3) is 0 Å². The summed E-state index contributed by atoms with van der Waals surface area (Å²) in [6.45, 7) is 9.52. The van der Waals surface area contributed by atoms with Gasteiger partial charge in [-0.3, -0.25) is 9.59 Å². The molecular weight excluding hydrogens is 480 g/mol. The van der Waals surface area contributed by atoms with Crippen LogP contribution in [0.15, 0.2) is 30.3 Å². The van der Waals surface area contributed by atoms with Crippen molar-refractivity contribution in [3.8, 4) is 11.5 Å². The van der Waals surface area contributed by atoms with Crippen molar-refractivity contribution < 1.29 is 24.9 Å². The molecule has 1 aliphatic carbocycles. The minimum atomic E-state index is -0.883. The molecule has 1 amide bonds. The second-order valence-corrected chi connectivity index (χ2v) is 11.9. The molecule has 0 saturated heterocycles. The topological polar surface area (TPSA) is 110 Å². The van der Waals surface area contributed by atoms with E-state index in [9.17, 15) is 24.9 Å². The van der Waals surface area contributed by atoms with Gasteiger partial charge in [-0.15, -0.1) is 0 Å². The zero-order valence-corrected chi connectivity index (χ0v) is 23.1. The molecule has 38 heavy (non-hydrogen) atoms. The highest BCUT2D eigenvalue weighted by molar-refractivity contribution is 5.97. The van der Waals surface area contributed by atoms with E-state index < -0.39 is 11.5 Å². The second kappa shape index (κ2) is 11.4. The van der Waals surface area contributed by atoms with Crippen molar-refractivity contribution in [2.24, 2.45) is 11.8 Å². The van der Waals surface area contributed by atoms with Crippen molar-refractivity contribution in [1.82, 2.24) is 10.2 Å². The maximum absolute atomic E-state index is 13.3. The fourth-order valence-electron chi connectivity index (χ4n) is 6.36. The molecular formula is C31H42N2O5. The van der Waals surface area contributed by atoms with E-state index in [-0.39, 0.29) is 40.7 Å². The largest absolute Gasteiger partial charge is 0.508 e. The van der Waals surface area contributed by atoms with Crippen molar-refractivity contribution in [3.63, 3.8) is 0 Å². The Labute approximate surface area is 225 Å². The molecule has 7 heteroatoms. The number of carbonyl (C=O) groups is 2. The van der Waals surface area contributed by atoms with Crippen LogP contribution in [0.2, 0.25) is 0 Å². The Balaban J connectivity index is 1.44. The third-order valence-electron chi connectivity index (χ3n) is 8.30. The number of carboxylic acid groups (broad SMARTS) is 1. The van der Waals surface area contributed by atoms with Gasteiger partial charge in [0.05, 0.1) is 5.56 Å². The van der Waals surface area contributed by atoms with Gasteiger partial charge in [-0.25, -0.2) is 0 Å². The van der Waals surface area contributed by atoms with E-state index in [1.54, 1.807) is 11.0 Å². The van der Waals surface area contributed by atoms with Gasteiger partial charge in [0.15, 0.2) is 0 Å². The standard InChI is InChI=1S/C31H42N2O5/c1-19(2)16-31(30(37)38,24-7-5-6-8-24)32-12-11-21-9-10-22-17-33(18-23(22)13-21)29(36)26-14-25(20(3)4)27(34)15-28(26)35/h9-10,13-15,19-20,24,32,34-35H,5-8,11-12,16-18H2,1-4H3,(H,37,38)/t31-/m0/s1. The van der Waals surface area contributed by atoms with Crippen LogP contribution < -0.4 is 5.32 Å². The van der Waals surface area contributed by atoms with Gasteiger partial charge >= 0.3 is 5.97 Å². The van der Waals surface area contributed by atoms with E-state index in [1.807, 2.05) is 19.9 Å². The summed E-state index contributed by atoms with van der Waals surface area (Å²) < 4.78 is 0. The smallest absolute Gasteiger partial charge is 0.324 e. The van der Waals surface area contributed by atoms with Crippen molar-refractivity contribution in [1.29, 1.82) is 0 Å². The number of fused-ring (bicyclic) bond motifs is 1. The molecule has 7 nitrogen and oxygen atoms in total. The van der Waals surface area contributed by atoms with Crippen LogP contribution in [0.4, 0.5) is 0 Å². The molecule has 0 aromatic heterocycles. The number of aromatic hydroxyl groups is 2.